The molecule has 1 saturated heterocycles. The fourth-order valence-corrected chi connectivity index (χ4v) is 4.75. The van der Waals surface area contributed by atoms with Crippen LogP contribution >= 0.6 is 15.9 Å². The summed E-state index contributed by atoms with van der Waals surface area (Å²) in [5.41, 5.74) is 0.582. The van der Waals surface area contributed by atoms with Crippen molar-refractivity contribution < 1.29 is 0 Å². The van der Waals surface area contributed by atoms with Crippen LogP contribution in [0, 0.1) is 5.41 Å². The third-order valence-electron chi connectivity index (χ3n) is 5.48. The number of rotatable bonds is 4. The lowest BCUT2D eigenvalue weighted by Gasteiger charge is -2.41. The van der Waals surface area contributed by atoms with Crippen molar-refractivity contribution in [2.24, 2.45) is 5.41 Å². The third kappa shape index (κ3) is 3.74. The van der Waals surface area contributed by atoms with Crippen molar-refractivity contribution in [1.29, 1.82) is 0 Å². The van der Waals surface area contributed by atoms with E-state index in [1.807, 2.05) is 0 Å². The number of nitrogens with zero attached hydrogens (tertiary/aromatic N) is 2. The lowest BCUT2D eigenvalue weighted by Crippen LogP contribution is -2.50. The van der Waals surface area contributed by atoms with Gasteiger partial charge >= 0.3 is 0 Å². The molecule has 3 rings (SSSR count). The normalized spacial score (nSPS) is 30.2. The van der Waals surface area contributed by atoms with Gasteiger partial charge in [-0.3, -0.25) is 4.90 Å². The van der Waals surface area contributed by atoms with Crippen LogP contribution in [0.4, 0.5) is 0 Å². The summed E-state index contributed by atoms with van der Waals surface area (Å²) in [6.45, 7) is 6.61. The van der Waals surface area contributed by atoms with E-state index >= 15 is 0 Å². The largest absolute Gasteiger partial charge is 0.300 e. The van der Waals surface area contributed by atoms with E-state index in [1.54, 1.807) is 0 Å². The third-order valence-corrected chi connectivity index (χ3v) is 6.67. The van der Waals surface area contributed by atoms with Crippen LogP contribution in [0.15, 0.2) is 0 Å². The molecule has 0 atom stereocenters. The standard InChI is InChI=1S/C16H29BrN2/c17-13-16(7-3-1-2-4-8-16)14-18-9-11-19(12-10-18)15-5-6-15/h15H,1-14H2. The fourth-order valence-electron chi connectivity index (χ4n) is 4.01. The number of hydrogen-bond donors (Lipinski definition) is 0. The van der Waals surface area contributed by atoms with Gasteiger partial charge in [0.05, 0.1) is 0 Å². The van der Waals surface area contributed by atoms with E-state index in [1.165, 1.54) is 89.4 Å². The average molecular weight is 329 g/mol. The zero-order chi connectivity index (χ0) is 13.1. The minimum atomic E-state index is 0.582. The Hall–Kier alpha value is 0.400. The van der Waals surface area contributed by atoms with E-state index < -0.39 is 0 Å². The Morgan fingerprint density at radius 2 is 1.53 bits per heavy atom. The van der Waals surface area contributed by atoms with Crippen molar-refractivity contribution in [2.45, 2.75) is 57.4 Å². The summed E-state index contributed by atoms with van der Waals surface area (Å²) in [6, 6.07) is 0.963. The van der Waals surface area contributed by atoms with E-state index in [9.17, 15) is 0 Å². The molecule has 1 heterocycles. The number of piperazine rings is 1. The summed E-state index contributed by atoms with van der Waals surface area (Å²) in [5.74, 6) is 0. The van der Waals surface area contributed by atoms with Gasteiger partial charge in [-0.05, 0) is 31.1 Å². The van der Waals surface area contributed by atoms with Crippen LogP contribution < -0.4 is 0 Å². The van der Waals surface area contributed by atoms with Crippen molar-refractivity contribution in [3.05, 3.63) is 0 Å². The first-order chi connectivity index (χ1) is 9.31. The second kappa shape index (κ2) is 6.44. The van der Waals surface area contributed by atoms with E-state index in [-0.39, 0.29) is 0 Å². The van der Waals surface area contributed by atoms with Crippen molar-refractivity contribution >= 4 is 15.9 Å². The maximum atomic E-state index is 3.84. The molecule has 0 aromatic rings. The fraction of sp³-hybridized carbons (Fsp3) is 1.00. The molecule has 0 spiro atoms. The summed E-state index contributed by atoms with van der Waals surface area (Å²) in [6.07, 6.45) is 11.6. The van der Waals surface area contributed by atoms with Crippen LogP contribution in [0.25, 0.3) is 0 Å². The lowest BCUT2D eigenvalue weighted by molar-refractivity contribution is 0.0826. The highest BCUT2D eigenvalue weighted by Crippen LogP contribution is 2.38. The predicted octanol–water partition coefficient (Wildman–Crippen LogP) is 3.50. The van der Waals surface area contributed by atoms with Crippen LogP contribution in [0.5, 0.6) is 0 Å². The first kappa shape index (κ1) is 14.3. The molecule has 0 aromatic heterocycles. The van der Waals surface area contributed by atoms with Gasteiger partial charge in [-0.1, -0.05) is 41.6 Å². The highest BCUT2D eigenvalue weighted by molar-refractivity contribution is 9.09. The Labute approximate surface area is 127 Å². The quantitative estimate of drug-likeness (QED) is 0.575. The Bertz CT molecular complexity index is 274. The molecular formula is C16H29BrN2. The van der Waals surface area contributed by atoms with Gasteiger partial charge < -0.3 is 4.90 Å². The number of alkyl halides is 1. The van der Waals surface area contributed by atoms with Crippen molar-refractivity contribution in [3.63, 3.8) is 0 Å². The minimum absolute atomic E-state index is 0.582. The highest BCUT2D eigenvalue weighted by Gasteiger charge is 2.35. The molecule has 2 saturated carbocycles. The average Bonchev–Trinajstić information content (AvgIpc) is 3.27. The first-order valence-corrected chi connectivity index (χ1v) is 9.46. The zero-order valence-electron chi connectivity index (χ0n) is 12.2. The van der Waals surface area contributed by atoms with Gasteiger partial charge in [0.15, 0.2) is 0 Å². The monoisotopic (exact) mass is 328 g/mol. The van der Waals surface area contributed by atoms with Crippen LogP contribution in [-0.4, -0.2) is 53.9 Å². The van der Waals surface area contributed by atoms with E-state index in [4.69, 9.17) is 0 Å². The van der Waals surface area contributed by atoms with Gasteiger partial charge in [-0.15, -0.1) is 0 Å². The molecule has 0 radical (unpaired) electrons. The van der Waals surface area contributed by atoms with Gasteiger partial charge in [-0.2, -0.15) is 0 Å². The van der Waals surface area contributed by atoms with Crippen molar-refractivity contribution in [2.75, 3.05) is 38.1 Å². The van der Waals surface area contributed by atoms with Gasteiger partial charge in [0.1, 0.15) is 0 Å². The molecule has 19 heavy (non-hydrogen) atoms. The van der Waals surface area contributed by atoms with E-state index in [2.05, 4.69) is 25.7 Å². The summed E-state index contributed by atoms with van der Waals surface area (Å²) < 4.78 is 0. The molecule has 0 N–H and O–H groups in total. The van der Waals surface area contributed by atoms with E-state index in [0.29, 0.717) is 5.41 Å². The molecule has 3 fully saturated rings. The molecule has 3 aliphatic rings. The molecule has 3 heteroatoms. The molecule has 0 unspecified atom stereocenters. The molecule has 110 valence electrons. The van der Waals surface area contributed by atoms with Crippen LogP contribution in [0.2, 0.25) is 0 Å². The SMILES string of the molecule is BrCC1(CN2CCN(C3CC3)CC2)CCCCCC1. The van der Waals surface area contributed by atoms with E-state index in [0.717, 1.165) is 6.04 Å². The predicted molar refractivity (Wildman–Crippen MR) is 85.0 cm³/mol. The number of halogens is 1. The smallest absolute Gasteiger partial charge is 0.0113 e. The molecule has 1 aliphatic heterocycles. The molecule has 2 aliphatic carbocycles. The second-order valence-electron chi connectivity index (χ2n) is 7.09. The molecule has 0 aromatic carbocycles. The van der Waals surface area contributed by atoms with Crippen LogP contribution in [0.3, 0.4) is 0 Å². The van der Waals surface area contributed by atoms with Gasteiger partial charge in [-0.25, -0.2) is 0 Å². The van der Waals surface area contributed by atoms with Crippen molar-refractivity contribution in [1.82, 2.24) is 9.80 Å². The lowest BCUT2D eigenvalue weighted by atomic mass is 9.82. The first-order valence-electron chi connectivity index (χ1n) is 8.34. The second-order valence-corrected chi connectivity index (χ2v) is 7.65. The maximum Gasteiger partial charge on any atom is 0.0113 e. The molecule has 2 nitrogen and oxygen atoms in total. The van der Waals surface area contributed by atoms with Gasteiger partial charge in [0, 0.05) is 44.1 Å². The summed E-state index contributed by atoms with van der Waals surface area (Å²) in [7, 11) is 0. The topological polar surface area (TPSA) is 6.48 Å². The van der Waals surface area contributed by atoms with Gasteiger partial charge in [0.25, 0.3) is 0 Å². The summed E-state index contributed by atoms with van der Waals surface area (Å²) >= 11 is 3.84. The van der Waals surface area contributed by atoms with Crippen LogP contribution in [0.1, 0.15) is 51.4 Å². The molecular weight excluding hydrogens is 300 g/mol. The Morgan fingerprint density at radius 1 is 0.895 bits per heavy atom. The zero-order valence-corrected chi connectivity index (χ0v) is 13.8. The highest BCUT2D eigenvalue weighted by atomic mass is 79.9. The summed E-state index contributed by atoms with van der Waals surface area (Å²) in [4.78, 5) is 5.48. The Morgan fingerprint density at radius 3 is 2.05 bits per heavy atom. The maximum absolute atomic E-state index is 3.84. The molecule has 0 bridgehead atoms. The van der Waals surface area contributed by atoms with Crippen molar-refractivity contribution in [3.8, 4) is 0 Å². The minimum Gasteiger partial charge on any atom is -0.300 e. The summed E-state index contributed by atoms with van der Waals surface area (Å²) in [5, 5.41) is 1.21. The Kier molecular flexibility index (Phi) is 4.86. The number of hydrogen-bond acceptors (Lipinski definition) is 2. The van der Waals surface area contributed by atoms with Crippen LogP contribution in [-0.2, 0) is 0 Å². The Balaban J connectivity index is 1.51. The van der Waals surface area contributed by atoms with Gasteiger partial charge in [0.2, 0.25) is 0 Å². The molecule has 0 amide bonds.